The van der Waals surface area contributed by atoms with Crippen LogP contribution in [-0.2, 0) is 4.74 Å². The summed E-state index contributed by atoms with van der Waals surface area (Å²) in [5.74, 6) is 0.532. The van der Waals surface area contributed by atoms with Gasteiger partial charge in [0, 0.05) is 0 Å². The summed E-state index contributed by atoms with van der Waals surface area (Å²) in [5.41, 5.74) is 1.75. The van der Waals surface area contributed by atoms with Crippen molar-refractivity contribution < 1.29 is 9.53 Å². The molecule has 0 saturated heterocycles. The molecule has 1 aromatic carbocycles. The van der Waals surface area contributed by atoms with Gasteiger partial charge in [0.15, 0.2) is 0 Å². The second kappa shape index (κ2) is 4.97. The standard InChI is InChI=1S/C14H16O2/c1-2-16-14(15)13-9-7-12(8-10-13)6-5-11-3-4-11/h5-11H,2-4H2,1H3/b6-5+. The molecule has 0 atom stereocenters. The second-order valence-electron chi connectivity index (χ2n) is 4.04. The maximum atomic E-state index is 11.4. The number of rotatable bonds is 4. The number of carbonyl (C=O) groups is 1. The maximum Gasteiger partial charge on any atom is 0.338 e. The third-order valence-electron chi connectivity index (χ3n) is 2.60. The minimum Gasteiger partial charge on any atom is -0.462 e. The van der Waals surface area contributed by atoms with E-state index in [9.17, 15) is 4.79 Å². The molecule has 2 nitrogen and oxygen atoms in total. The summed E-state index contributed by atoms with van der Waals surface area (Å²) >= 11 is 0. The van der Waals surface area contributed by atoms with Crippen LogP contribution in [0.4, 0.5) is 0 Å². The predicted molar refractivity (Wildman–Crippen MR) is 64.2 cm³/mol. The normalized spacial score (nSPS) is 15.3. The number of esters is 1. The summed E-state index contributed by atoms with van der Waals surface area (Å²) in [5, 5.41) is 0. The average Bonchev–Trinajstić information content (AvgIpc) is 3.11. The van der Waals surface area contributed by atoms with E-state index >= 15 is 0 Å². The highest BCUT2D eigenvalue weighted by Crippen LogP contribution is 2.30. The molecule has 1 saturated carbocycles. The van der Waals surface area contributed by atoms with E-state index in [-0.39, 0.29) is 5.97 Å². The van der Waals surface area contributed by atoms with Gasteiger partial charge >= 0.3 is 5.97 Å². The summed E-state index contributed by atoms with van der Waals surface area (Å²) in [4.78, 5) is 11.4. The molecule has 0 radical (unpaired) electrons. The third-order valence-corrected chi connectivity index (χ3v) is 2.60. The van der Waals surface area contributed by atoms with Crippen molar-refractivity contribution >= 4 is 12.0 Å². The minimum atomic E-state index is -0.250. The first-order valence-corrected chi connectivity index (χ1v) is 5.75. The predicted octanol–water partition coefficient (Wildman–Crippen LogP) is 3.29. The zero-order chi connectivity index (χ0) is 11.4. The molecule has 1 aromatic rings. The van der Waals surface area contributed by atoms with Gasteiger partial charge in [-0.25, -0.2) is 4.79 Å². The molecule has 2 heteroatoms. The van der Waals surface area contributed by atoms with Crippen molar-refractivity contribution in [2.45, 2.75) is 19.8 Å². The molecule has 0 amide bonds. The monoisotopic (exact) mass is 216 g/mol. The van der Waals surface area contributed by atoms with E-state index in [1.165, 1.54) is 12.8 Å². The molecule has 2 rings (SSSR count). The van der Waals surface area contributed by atoms with Gasteiger partial charge in [0.1, 0.15) is 0 Å². The summed E-state index contributed by atoms with van der Waals surface area (Å²) in [6.45, 7) is 2.23. The van der Waals surface area contributed by atoms with Crippen molar-refractivity contribution in [2.75, 3.05) is 6.61 Å². The zero-order valence-electron chi connectivity index (χ0n) is 9.48. The zero-order valence-corrected chi connectivity index (χ0v) is 9.48. The van der Waals surface area contributed by atoms with E-state index in [2.05, 4.69) is 12.2 Å². The lowest BCUT2D eigenvalue weighted by Gasteiger charge is -2.01. The highest BCUT2D eigenvalue weighted by molar-refractivity contribution is 5.89. The molecular formula is C14H16O2. The van der Waals surface area contributed by atoms with Crippen LogP contribution in [0.1, 0.15) is 35.7 Å². The van der Waals surface area contributed by atoms with Crippen LogP contribution in [0.25, 0.3) is 6.08 Å². The topological polar surface area (TPSA) is 26.3 Å². The molecule has 0 N–H and O–H groups in total. The van der Waals surface area contributed by atoms with Crippen LogP contribution < -0.4 is 0 Å². The highest BCUT2D eigenvalue weighted by atomic mass is 16.5. The van der Waals surface area contributed by atoms with E-state index in [4.69, 9.17) is 4.74 Å². The van der Waals surface area contributed by atoms with Gasteiger partial charge in [0.2, 0.25) is 0 Å². The second-order valence-corrected chi connectivity index (χ2v) is 4.04. The van der Waals surface area contributed by atoms with Gasteiger partial charge in [0.05, 0.1) is 12.2 Å². The molecule has 1 aliphatic rings. The van der Waals surface area contributed by atoms with Crippen LogP contribution in [-0.4, -0.2) is 12.6 Å². The first kappa shape index (κ1) is 10.9. The Bertz CT molecular complexity index is 386. The lowest BCUT2D eigenvalue weighted by atomic mass is 10.1. The number of ether oxygens (including phenoxy) is 1. The Morgan fingerprint density at radius 1 is 1.38 bits per heavy atom. The Morgan fingerprint density at radius 2 is 2.06 bits per heavy atom. The fourth-order valence-electron chi connectivity index (χ4n) is 1.48. The summed E-state index contributed by atoms with van der Waals surface area (Å²) in [6.07, 6.45) is 6.99. The smallest absolute Gasteiger partial charge is 0.338 e. The number of hydrogen-bond donors (Lipinski definition) is 0. The Kier molecular flexibility index (Phi) is 3.40. The fraction of sp³-hybridized carbons (Fsp3) is 0.357. The quantitative estimate of drug-likeness (QED) is 0.722. The van der Waals surface area contributed by atoms with Gasteiger partial charge in [-0.2, -0.15) is 0 Å². The van der Waals surface area contributed by atoms with Crippen LogP contribution in [0, 0.1) is 5.92 Å². The average molecular weight is 216 g/mol. The fourth-order valence-corrected chi connectivity index (χ4v) is 1.48. The van der Waals surface area contributed by atoms with Crippen molar-refractivity contribution in [3.63, 3.8) is 0 Å². The summed E-state index contributed by atoms with van der Waals surface area (Å²) in [7, 11) is 0. The molecule has 0 unspecified atom stereocenters. The SMILES string of the molecule is CCOC(=O)c1ccc(/C=C/C2CC2)cc1. The number of allylic oxidation sites excluding steroid dienone is 1. The van der Waals surface area contributed by atoms with Crippen molar-refractivity contribution in [1.29, 1.82) is 0 Å². The van der Waals surface area contributed by atoms with Gasteiger partial charge in [0.25, 0.3) is 0 Å². The van der Waals surface area contributed by atoms with Crippen LogP contribution in [0.2, 0.25) is 0 Å². The van der Waals surface area contributed by atoms with E-state index < -0.39 is 0 Å². The number of benzene rings is 1. The summed E-state index contributed by atoms with van der Waals surface area (Å²) in [6, 6.07) is 7.52. The van der Waals surface area contributed by atoms with Gasteiger partial charge < -0.3 is 4.74 Å². The number of carbonyl (C=O) groups excluding carboxylic acids is 1. The van der Waals surface area contributed by atoms with Crippen molar-refractivity contribution in [3.05, 3.63) is 41.5 Å². The van der Waals surface area contributed by atoms with Crippen molar-refractivity contribution in [2.24, 2.45) is 5.92 Å². The molecule has 0 spiro atoms. The van der Waals surface area contributed by atoms with Crippen LogP contribution >= 0.6 is 0 Å². The van der Waals surface area contributed by atoms with E-state index in [1.807, 2.05) is 31.2 Å². The third kappa shape index (κ3) is 2.96. The molecule has 1 aliphatic carbocycles. The van der Waals surface area contributed by atoms with Gasteiger partial charge in [-0.15, -0.1) is 0 Å². The molecule has 0 aromatic heterocycles. The molecule has 16 heavy (non-hydrogen) atoms. The molecule has 0 aliphatic heterocycles. The molecule has 0 heterocycles. The van der Waals surface area contributed by atoms with Crippen molar-refractivity contribution in [3.8, 4) is 0 Å². The molecule has 84 valence electrons. The first-order chi connectivity index (χ1) is 7.79. The molecule has 1 fully saturated rings. The first-order valence-electron chi connectivity index (χ1n) is 5.75. The maximum absolute atomic E-state index is 11.4. The van der Waals surface area contributed by atoms with Crippen LogP contribution in [0.15, 0.2) is 30.3 Å². The van der Waals surface area contributed by atoms with Gasteiger partial charge in [-0.3, -0.25) is 0 Å². The Labute approximate surface area is 95.9 Å². The van der Waals surface area contributed by atoms with Crippen molar-refractivity contribution in [1.82, 2.24) is 0 Å². The Balaban J connectivity index is 2.00. The Morgan fingerprint density at radius 3 is 2.62 bits per heavy atom. The van der Waals surface area contributed by atoms with Crippen LogP contribution in [0.3, 0.4) is 0 Å². The lowest BCUT2D eigenvalue weighted by molar-refractivity contribution is 0.0526. The largest absolute Gasteiger partial charge is 0.462 e. The van der Waals surface area contributed by atoms with Gasteiger partial charge in [-0.05, 0) is 43.4 Å². The Hall–Kier alpha value is -1.57. The van der Waals surface area contributed by atoms with Crippen LogP contribution in [0.5, 0.6) is 0 Å². The van der Waals surface area contributed by atoms with Gasteiger partial charge in [-0.1, -0.05) is 24.3 Å². The molecule has 0 bridgehead atoms. The van der Waals surface area contributed by atoms with E-state index in [1.54, 1.807) is 0 Å². The molecular weight excluding hydrogens is 200 g/mol. The lowest BCUT2D eigenvalue weighted by Crippen LogP contribution is -2.03. The highest BCUT2D eigenvalue weighted by Gasteiger charge is 2.16. The summed E-state index contributed by atoms with van der Waals surface area (Å²) < 4.78 is 4.92. The van der Waals surface area contributed by atoms with E-state index in [0.29, 0.717) is 12.2 Å². The number of hydrogen-bond acceptors (Lipinski definition) is 2. The van der Waals surface area contributed by atoms with E-state index in [0.717, 1.165) is 11.5 Å². The minimum absolute atomic E-state index is 0.250.